The highest BCUT2D eigenvalue weighted by Gasteiger charge is 2.37. The first-order valence-electron chi connectivity index (χ1n) is 7.34. The van der Waals surface area contributed by atoms with Crippen molar-refractivity contribution in [2.45, 2.75) is 45.4 Å². The van der Waals surface area contributed by atoms with E-state index < -0.39 is 23.6 Å². The molecule has 0 radical (unpaired) electrons. The summed E-state index contributed by atoms with van der Waals surface area (Å²) in [6.07, 6.45) is -0.257. The molecule has 1 heterocycles. The molecule has 1 unspecified atom stereocenters. The molecule has 1 aromatic carbocycles. The van der Waals surface area contributed by atoms with Gasteiger partial charge in [0.25, 0.3) is 5.91 Å². The van der Waals surface area contributed by atoms with Gasteiger partial charge < -0.3 is 9.84 Å². The number of nitrogens with zero attached hydrogens (tertiary/aromatic N) is 1. The van der Waals surface area contributed by atoms with Crippen molar-refractivity contribution < 1.29 is 24.3 Å². The van der Waals surface area contributed by atoms with Crippen LogP contribution in [0.4, 0.5) is 4.79 Å². The molecule has 1 aromatic rings. The molecule has 0 saturated heterocycles. The Balaban J connectivity index is 2.31. The van der Waals surface area contributed by atoms with Gasteiger partial charge in [-0.1, -0.05) is 6.07 Å². The van der Waals surface area contributed by atoms with Crippen molar-refractivity contribution >= 4 is 12.0 Å². The number of benzene rings is 1. The van der Waals surface area contributed by atoms with Crippen molar-refractivity contribution in [1.82, 2.24) is 10.4 Å². The quantitative estimate of drug-likeness (QED) is 0.810. The van der Waals surface area contributed by atoms with Gasteiger partial charge in [0.05, 0.1) is 13.7 Å². The number of ether oxygens (including phenoxy) is 1. The molecule has 0 bridgehead atoms. The predicted octanol–water partition coefficient (Wildman–Crippen LogP) is 1.73. The lowest BCUT2D eigenvalue weighted by molar-refractivity contribution is -0.137. The maximum Gasteiger partial charge on any atom is 0.411 e. The van der Waals surface area contributed by atoms with Crippen molar-refractivity contribution in [3.05, 3.63) is 29.3 Å². The molecule has 0 aromatic heterocycles. The minimum Gasteiger partial charge on any atom is -0.508 e. The molecular formula is C16H22N2O5. The summed E-state index contributed by atoms with van der Waals surface area (Å²) in [5, 5.41) is 9.62. The molecule has 1 aliphatic rings. The van der Waals surface area contributed by atoms with Crippen molar-refractivity contribution in [2.75, 3.05) is 7.11 Å². The van der Waals surface area contributed by atoms with Crippen LogP contribution in [-0.4, -0.2) is 40.8 Å². The second-order valence-electron chi connectivity index (χ2n) is 6.45. The lowest BCUT2D eigenvalue weighted by Crippen LogP contribution is -2.53. The molecule has 23 heavy (non-hydrogen) atoms. The van der Waals surface area contributed by atoms with Crippen LogP contribution < -0.4 is 5.48 Å². The van der Waals surface area contributed by atoms with Crippen LogP contribution in [0, 0.1) is 0 Å². The van der Waals surface area contributed by atoms with Gasteiger partial charge in [-0.25, -0.2) is 10.3 Å². The number of fused-ring (bicyclic) bond motifs is 1. The Morgan fingerprint density at radius 3 is 2.61 bits per heavy atom. The van der Waals surface area contributed by atoms with Crippen molar-refractivity contribution in [1.29, 1.82) is 0 Å². The smallest absolute Gasteiger partial charge is 0.411 e. The molecule has 7 nitrogen and oxygen atoms in total. The number of nitrogens with one attached hydrogen (secondary N) is 1. The number of amides is 2. The van der Waals surface area contributed by atoms with E-state index in [4.69, 9.17) is 4.74 Å². The zero-order valence-electron chi connectivity index (χ0n) is 13.8. The average Bonchev–Trinajstić information content (AvgIpc) is 2.44. The van der Waals surface area contributed by atoms with Crippen molar-refractivity contribution in [3.63, 3.8) is 0 Å². The van der Waals surface area contributed by atoms with E-state index in [2.05, 4.69) is 10.3 Å². The summed E-state index contributed by atoms with van der Waals surface area (Å²) < 4.78 is 5.38. The maximum atomic E-state index is 12.4. The lowest BCUT2D eigenvalue weighted by Gasteiger charge is -2.36. The van der Waals surface area contributed by atoms with Crippen molar-refractivity contribution in [2.24, 2.45) is 0 Å². The Labute approximate surface area is 135 Å². The SMILES string of the molecule is CONC(=O)C1Cc2ccc(O)cc2CN1C(=O)OC(C)(C)C. The third kappa shape index (κ3) is 4.13. The Bertz CT molecular complexity index is 609. The molecule has 126 valence electrons. The van der Waals surface area contributed by atoms with E-state index in [1.807, 2.05) is 0 Å². The van der Waals surface area contributed by atoms with Gasteiger partial charge in [0.1, 0.15) is 17.4 Å². The van der Waals surface area contributed by atoms with Gasteiger partial charge in [-0.05, 0) is 44.0 Å². The number of aromatic hydroxyl groups is 1. The van der Waals surface area contributed by atoms with Crippen LogP contribution >= 0.6 is 0 Å². The maximum absolute atomic E-state index is 12.4. The van der Waals surface area contributed by atoms with E-state index in [1.165, 1.54) is 12.0 Å². The zero-order valence-corrected chi connectivity index (χ0v) is 13.8. The first kappa shape index (κ1) is 17.1. The number of rotatable bonds is 2. The Morgan fingerprint density at radius 2 is 2.00 bits per heavy atom. The van der Waals surface area contributed by atoms with Crippen LogP contribution in [0.1, 0.15) is 31.9 Å². The number of carbonyl (C=O) groups is 2. The van der Waals surface area contributed by atoms with E-state index in [1.54, 1.807) is 39.0 Å². The predicted molar refractivity (Wildman–Crippen MR) is 82.5 cm³/mol. The monoisotopic (exact) mass is 322 g/mol. The van der Waals surface area contributed by atoms with Crippen LogP contribution in [0.15, 0.2) is 18.2 Å². The molecule has 0 spiro atoms. The number of phenols is 1. The molecule has 7 heteroatoms. The van der Waals surface area contributed by atoms with Crippen LogP contribution in [0.5, 0.6) is 5.75 Å². The molecule has 1 aliphatic heterocycles. The largest absolute Gasteiger partial charge is 0.508 e. The standard InChI is InChI=1S/C16H22N2O5/c1-16(2,3)23-15(21)18-9-11-7-12(19)6-5-10(11)8-13(18)14(20)17-22-4/h5-7,13,19H,8-9H2,1-4H3,(H,17,20). The molecule has 0 aliphatic carbocycles. The summed E-state index contributed by atoms with van der Waals surface area (Å²) in [6.45, 7) is 5.47. The summed E-state index contributed by atoms with van der Waals surface area (Å²) in [5.41, 5.74) is 3.29. The third-order valence-corrected chi connectivity index (χ3v) is 3.45. The molecule has 2 rings (SSSR count). The summed E-state index contributed by atoms with van der Waals surface area (Å²) in [6, 6.07) is 4.18. The van der Waals surface area contributed by atoms with Gasteiger partial charge in [-0.15, -0.1) is 0 Å². The van der Waals surface area contributed by atoms with Gasteiger partial charge in [-0.2, -0.15) is 0 Å². The number of carbonyl (C=O) groups excluding carboxylic acids is 2. The van der Waals surface area contributed by atoms with Crippen molar-refractivity contribution in [3.8, 4) is 5.75 Å². The van der Waals surface area contributed by atoms with Crippen LogP contribution in [0.25, 0.3) is 0 Å². The lowest BCUT2D eigenvalue weighted by atomic mass is 9.93. The summed E-state index contributed by atoms with van der Waals surface area (Å²) in [7, 11) is 1.34. The van der Waals surface area contributed by atoms with Gasteiger partial charge >= 0.3 is 6.09 Å². The van der Waals surface area contributed by atoms with Crippen LogP contribution in [-0.2, 0) is 27.3 Å². The van der Waals surface area contributed by atoms with E-state index in [9.17, 15) is 14.7 Å². The van der Waals surface area contributed by atoms with E-state index in [0.29, 0.717) is 6.42 Å². The van der Waals surface area contributed by atoms with Crippen LogP contribution in [0.3, 0.4) is 0 Å². The van der Waals surface area contributed by atoms with Gasteiger partial charge in [0, 0.05) is 6.42 Å². The Hall–Kier alpha value is -2.28. The highest BCUT2D eigenvalue weighted by molar-refractivity contribution is 5.86. The number of hydroxylamine groups is 1. The van der Waals surface area contributed by atoms with E-state index in [-0.39, 0.29) is 12.3 Å². The first-order chi connectivity index (χ1) is 10.7. The third-order valence-electron chi connectivity index (χ3n) is 3.45. The molecule has 2 amide bonds. The molecular weight excluding hydrogens is 300 g/mol. The summed E-state index contributed by atoms with van der Waals surface area (Å²) >= 11 is 0. The van der Waals surface area contributed by atoms with Gasteiger partial charge in [-0.3, -0.25) is 14.5 Å². The second kappa shape index (κ2) is 6.45. The Morgan fingerprint density at radius 1 is 1.30 bits per heavy atom. The fraction of sp³-hybridized carbons (Fsp3) is 0.500. The second-order valence-corrected chi connectivity index (χ2v) is 6.45. The number of phenolic OH excluding ortho intramolecular Hbond substituents is 1. The van der Waals surface area contributed by atoms with E-state index in [0.717, 1.165) is 11.1 Å². The minimum absolute atomic E-state index is 0.118. The average molecular weight is 322 g/mol. The van der Waals surface area contributed by atoms with Gasteiger partial charge in [0.2, 0.25) is 0 Å². The highest BCUT2D eigenvalue weighted by atomic mass is 16.6. The molecule has 0 saturated carbocycles. The number of hydrogen-bond acceptors (Lipinski definition) is 5. The Kier molecular flexibility index (Phi) is 4.79. The minimum atomic E-state index is -0.734. The highest BCUT2D eigenvalue weighted by Crippen LogP contribution is 2.28. The molecule has 0 fully saturated rings. The normalized spacial score (nSPS) is 17.4. The molecule has 1 atom stereocenters. The van der Waals surface area contributed by atoms with Crippen LogP contribution in [0.2, 0.25) is 0 Å². The summed E-state index contributed by atoms with van der Waals surface area (Å²) in [4.78, 5) is 30.7. The fourth-order valence-corrected chi connectivity index (χ4v) is 2.49. The van der Waals surface area contributed by atoms with E-state index >= 15 is 0 Å². The van der Waals surface area contributed by atoms with Gasteiger partial charge in [0.15, 0.2) is 0 Å². The first-order valence-corrected chi connectivity index (χ1v) is 7.34. The zero-order chi connectivity index (χ0) is 17.2. The molecule has 2 N–H and O–H groups in total. The fourth-order valence-electron chi connectivity index (χ4n) is 2.49. The number of hydrogen-bond donors (Lipinski definition) is 2. The summed E-state index contributed by atoms with van der Waals surface area (Å²) in [5.74, 6) is -0.301. The topological polar surface area (TPSA) is 88.1 Å².